The lowest BCUT2D eigenvalue weighted by Crippen LogP contribution is -2.51. The molecule has 2 atom stereocenters. The third-order valence-corrected chi connectivity index (χ3v) is 7.18. The number of thiazole rings is 1. The van der Waals surface area contributed by atoms with Gasteiger partial charge in [-0.3, -0.25) is 4.79 Å². The van der Waals surface area contributed by atoms with Crippen molar-refractivity contribution in [1.82, 2.24) is 20.6 Å². The van der Waals surface area contributed by atoms with E-state index in [2.05, 4.69) is 20.5 Å². The average molecular weight is 407 g/mol. The van der Waals surface area contributed by atoms with Gasteiger partial charge in [-0.1, -0.05) is 11.3 Å². The number of halogens is 2. The first-order chi connectivity index (χ1) is 13.5. The lowest BCUT2D eigenvalue weighted by Gasteiger charge is -2.34. The van der Waals surface area contributed by atoms with Gasteiger partial charge in [-0.05, 0) is 31.7 Å². The minimum absolute atomic E-state index is 0.171. The third kappa shape index (κ3) is 3.34. The number of amides is 1. The Balaban J connectivity index is 1.32. The molecule has 5 rings (SSSR count). The molecule has 2 saturated heterocycles. The first-order valence-electron chi connectivity index (χ1n) is 9.93. The van der Waals surface area contributed by atoms with Crippen LogP contribution in [-0.4, -0.2) is 53.0 Å². The predicted molar refractivity (Wildman–Crippen MR) is 104 cm³/mol. The quantitative estimate of drug-likeness (QED) is 0.819. The highest BCUT2D eigenvalue weighted by molar-refractivity contribution is 7.22. The summed E-state index contributed by atoms with van der Waals surface area (Å²) in [6.45, 7) is 1.97. The van der Waals surface area contributed by atoms with E-state index < -0.39 is 5.92 Å². The smallest absolute Gasteiger partial charge is 0.270 e. The normalized spacial score (nSPS) is 27.3. The summed E-state index contributed by atoms with van der Waals surface area (Å²) in [4.78, 5) is 24.0. The van der Waals surface area contributed by atoms with Crippen LogP contribution in [0.4, 0.5) is 13.9 Å². The summed E-state index contributed by atoms with van der Waals surface area (Å²) in [5, 5.41) is 7.33. The molecule has 3 aliphatic rings. The van der Waals surface area contributed by atoms with Crippen LogP contribution in [0.25, 0.3) is 10.2 Å². The van der Waals surface area contributed by atoms with Crippen LogP contribution < -0.4 is 15.5 Å². The van der Waals surface area contributed by atoms with Gasteiger partial charge < -0.3 is 15.5 Å². The van der Waals surface area contributed by atoms with Gasteiger partial charge in [0.15, 0.2) is 5.13 Å². The fourth-order valence-corrected chi connectivity index (χ4v) is 5.71. The number of pyridine rings is 1. The number of fused-ring (bicyclic) bond motifs is 3. The van der Waals surface area contributed by atoms with Gasteiger partial charge in [0, 0.05) is 44.1 Å². The lowest BCUT2D eigenvalue weighted by atomic mass is 9.92. The molecular formula is C19H23F2N5OS. The second-order valence-corrected chi connectivity index (χ2v) is 9.10. The Morgan fingerprint density at radius 3 is 2.64 bits per heavy atom. The molecule has 0 spiro atoms. The molecule has 3 fully saturated rings. The Morgan fingerprint density at radius 1 is 1.21 bits per heavy atom. The Bertz CT molecular complexity index is 878. The van der Waals surface area contributed by atoms with Crippen molar-refractivity contribution in [3.63, 3.8) is 0 Å². The number of nitrogens with zero attached hydrogens (tertiary/aromatic N) is 3. The summed E-state index contributed by atoms with van der Waals surface area (Å²) < 4.78 is 27.5. The van der Waals surface area contributed by atoms with Crippen molar-refractivity contribution in [2.45, 2.75) is 62.6 Å². The Hall–Kier alpha value is -1.87. The average Bonchev–Trinajstić information content (AvgIpc) is 3.20. The van der Waals surface area contributed by atoms with Crippen LogP contribution in [0.2, 0.25) is 0 Å². The first kappa shape index (κ1) is 18.2. The summed E-state index contributed by atoms with van der Waals surface area (Å²) in [6.07, 6.45) is 4.27. The highest BCUT2D eigenvalue weighted by Gasteiger charge is 2.38. The number of nitrogens with one attached hydrogen (secondary N) is 2. The fourth-order valence-electron chi connectivity index (χ4n) is 4.59. The number of anilines is 1. The molecule has 2 N–H and O–H groups in total. The maximum Gasteiger partial charge on any atom is 0.270 e. The minimum atomic E-state index is -2.60. The van der Waals surface area contributed by atoms with E-state index in [1.807, 2.05) is 0 Å². The number of carbonyl (C=O) groups excluding carboxylic acids is 1. The van der Waals surface area contributed by atoms with Crippen molar-refractivity contribution in [3.05, 3.63) is 18.0 Å². The summed E-state index contributed by atoms with van der Waals surface area (Å²) in [7, 11) is 0. The van der Waals surface area contributed by atoms with Crippen molar-refractivity contribution >= 4 is 32.6 Å². The van der Waals surface area contributed by atoms with E-state index in [0.717, 1.165) is 28.4 Å². The van der Waals surface area contributed by atoms with Gasteiger partial charge in [0.1, 0.15) is 11.2 Å². The van der Waals surface area contributed by atoms with Crippen LogP contribution in [0.3, 0.4) is 0 Å². The second kappa shape index (κ2) is 6.88. The van der Waals surface area contributed by atoms with Gasteiger partial charge in [0.2, 0.25) is 5.92 Å². The molecule has 2 bridgehead atoms. The van der Waals surface area contributed by atoms with Gasteiger partial charge in [0.25, 0.3) is 5.91 Å². The van der Waals surface area contributed by atoms with Crippen LogP contribution >= 0.6 is 11.3 Å². The monoisotopic (exact) mass is 407 g/mol. The van der Waals surface area contributed by atoms with Gasteiger partial charge >= 0.3 is 0 Å². The molecule has 1 aliphatic carbocycles. The van der Waals surface area contributed by atoms with E-state index in [0.29, 0.717) is 30.6 Å². The predicted octanol–water partition coefficient (Wildman–Crippen LogP) is 2.94. The standard InChI is InChI=1S/C19H23F2N5OS/c20-19(21)5-3-11(4-6-19)24-17(27)14-7-16-15(10-23-14)25-18(28-16)26-12-1-2-13(26)9-22-8-12/h7,10-13,22H,1-6,8-9H2,(H,24,27). The number of rotatable bonds is 3. The zero-order valence-corrected chi connectivity index (χ0v) is 16.3. The number of hydrogen-bond donors (Lipinski definition) is 2. The molecule has 150 valence electrons. The molecule has 0 aromatic carbocycles. The third-order valence-electron chi connectivity index (χ3n) is 6.15. The van der Waals surface area contributed by atoms with Crippen LogP contribution in [0.15, 0.2) is 12.3 Å². The van der Waals surface area contributed by atoms with E-state index in [-0.39, 0.29) is 24.8 Å². The van der Waals surface area contributed by atoms with Crippen molar-refractivity contribution in [2.75, 3.05) is 18.0 Å². The van der Waals surface area contributed by atoms with Crippen LogP contribution in [0, 0.1) is 0 Å². The zero-order chi connectivity index (χ0) is 19.3. The molecule has 2 aromatic heterocycles. The zero-order valence-electron chi connectivity index (χ0n) is 15.5. The Kier molecular flexibility index (Phi) is 4.46. The summed E-state index contributed by atoms with van der Waals surface area (Å²) in [6, 6.07) is 2.53. The van der Waals surface area contributed by atoms with Crippen molar-refractivity contribution in [2.24, 2.45) is 0 Å². The molecule has 2 unspecified atom stereocenters. The van der Waals surface area contributed by atoms with Gasteiger partial charge in [-0.2, -0.15) is 0 Å². The first-order valence-corrected chi connectivity index (χ1v) is 10.7. The molecule has 6 nitrogen and oxygen atoms in total. The van der Waals surface area contributed by atoms with Crippen molar-refractivity contribution in [1.29, 1.82) is 0 Å². The van der Waals surface area contributed by atoms with E-state index in [9.17, 15) is 13.6 Å². The number of hydrogen-bond acceptors (Lipinski definition) is 6. The van der Waals surface area contributed by atoms with Gasteiger partial charge in [-0.25, -0.2) is 18.7 Å². The maximum absolute atomic E-state index is 13.3. The fraction of sp³-hybridized carbons (Fsp3) is 0.632. The Labute approximate surface area is 165 Å². The van der Waals surface area contributed by atoms with Crippen LogP contribution in [0.5, 0.6) is 0 Å². The molecule has 4 heterocycles. The molecule has 9 heteroatoms. The van der Waals surface area contributed by atoms with E-state index in [1.165, 1.54) is 12.8 Å². The second-order valence-electron chi connectivity index (χ2n) is 8.09. The van der Waals surface area contributed by atoms with E-state index in [4.69, 9.17) is 4.98 Å². The van der Waals surface area contributed by atoms with Crippen LogP contribution in [-0.2, 0) is 0 Å². The van der Waals surface area contributed by atoms with Gasteiger partial charge in [0.05, 0.1) is 10.9 Å². The lowest BCUT2D eigenvalue weighted by molar-refractivity contribution is -0.0399. The number of carbonyl (C=O) groups is 1. The SMILES string of the molecule is O=C(NC1CCC(F)(F)CC1)c1cc2sc(N3C4CCC3CNC4)nc2cn1. The summed E-state index contributed by atoms with van der Waals surface area (Å²) in [5.41, 5.74) is 1.12. The van der Waals surface area contributed by atoms with E-state index in [1.54, 1.807) is 23.6 Å². The van der Waals surface area contributed by atoms with Crippen molar-refractivity contribution in [3.8, 4) is 0 Å². The number of alkyl halides is 2. The molecule has 1 saturated carbocycles. The largest absolute Gasteiger partial charge is 0.348 e. The molecule has 2 aromatic rings. The summed E-state index contributed by atoms with van der Waals surface area (Å²) >= 11 is 1.60. The minimum Gasteiger partial charge on any atom is -0.348 e. The van der Waals surface area contributed by atoms with E-state index >= 15 is 0 Å². The molecule has 0 radical (unpaired) electrons. The van der Waals surface area contributed by atoms with Crippen LogP contribution in [0.1, 0.15) is 49.0 Å². The van der Waals surface area contributed by atoms with Crippen molar-refractivity contribution < 1.29 is 13.6 Å². The summed E-state index contributed by atoms with van der Waals surface area (Å²) in [5.74, 6) is -2.89. The highest BCUT2D eigenvalue weighted by atomic mass is 32.1. The topological polar surface area (TPSA) is 70.2 Å². The molecule has 1 amide bonds. The molecular weight excluding hydrogens is 384 g/mol. The Morgan fingerprint density at radius 2 is 1.93 bits per heavy atom. The highest BCUT2D eigenvalue weighted by Crippen LogP contribution is 2.37. The maximum atomic E-state index is 13.3. The number of piperazine rings is 1. The molecule has 2 aliphatic heterocycles. The number of aromatic nitrogens is 2. The molecule has 28 heavy (non-hydrogen) atoms. The van der Waals surface area contributed by atoms with Gasteiger partial charge in [-0.15, -0.1) is 0 Å².